The third-order valence-electron chi connectivity index (χ3n) is 6.76. The van der Waals surface area contributed by atoms with Crippen LogP contribution in [-0.4, -0.2) is 75.0 Å². The topological polar surface area (TPSA) is 87.5 Å². The van der Waals surface area contributed by atoms with E-state index >= 15 is 0 Å². The molecule has 6 rings (SSSR count). The van der Waals surface area contributed by atoms with Crippen LogP contribution < -0.4 is 9.64 Å². The first-order valence-electron chi connectivity index (χ1n) is 11.2. The smallest absolute Gasteiger partial charge is 0.197 e. The fraction of sp³-hybridized carbons (Fsp3) is 0.478. The summed E-state index contributed by atoms with van der Waals surface area (Å²) in [5.41, 5.74) is 6.27. The molecule has 10 heteroatoms. The van der Waals surface area contributed by atoms with E-state index in [1.807, 2.05) is 12.3 Å². The number of hydrogen-bond acceptors (Lipinski definition) is 8. The van der Waals surface area contributed by atoms with Crippen LogP contribution in [0.15, 0.2) is 18.6 Å². The molecule has 0 unspecified atom stereocenters. The molecule has 0 amide bonds. The molecule has 0 saturated carbocycles. The Hall–Kier alpha value is -2.98. The van der Waals surface area contributed by atoms with Crippen molar-refractivity contribution in [1.29, 1.82) is 0 Å². The van der Waals surface area contributed by atoms with E-state index in [4.69, 9.17) is 14.8 Å². The molecule has 0 atom stereocenters. The molecule has 172 valence electrons. The van der Waals surface area contributed by atoms with Gasteiger partial charge in [-0.3, -0.25) is 5.10 Å². The molecule has 0 aromatic carbocycles. The van der Waals surface area contributed by atoms with Gasteiger partial charge in [0.05, 0.1) is 18.5 Å². The number of aromatic amines is 1. The molecule has 0 bridgehead atoms. The number of nitrogens with zero attached hydrogens (tertiary/aromatic N) is 7. The minimum absolute atomic E-state index is 0.261. The van der Waals surface area contributed by atoms with E-state index in [1.54, 1.807) is 23.0 Å². The van der Waals surface area contributed by atoms with Gasteiger partial charge in [-0.2, -0.15) is 10.2 Å². The number of nitrogens with one attached hydrogen (secondary N) is 1. The second kappa shape index (κ2) is 7.26. The molecular formula is C23H28N8OS. The number of anilines is 1. The van der Waals surface area contributed by atoms with Gasteiger partial charge in [-0.15, -0.1) is 0 Å². The van der Waals surface area contributed by atoms with E-state index < -0.39 is 0 Å². The minimum atomic E-state index is 0.261. The van der Waals surface area contributed by atoms with Crippen LogP contribution in [0.2, 0.25) is 0 Å². The summed E-state index contributed by atoms with van der Waals surface area (Å²) in [5, 5.41) is 14.6. The van der Waals surface area contributed by atoms with Crippen molar-refractivity contribution in [3.05, 3.63) is 29.8 Å². The number of rotatable bonds is 5. The molecule has 4 aromatic rings. The van der Waals surface area contributed by atoms with Crippen molar-refractivity contribution in [2.75, 3.05) is 45.2 Å². The van der Waals surface area contributed by atoms with Gasteiger partial charge in [0.25, 0.3) is 0 Å². The summed E-state index contributed by atoms with van der Waals surface area (Å²) >= 11 is 1.75. The Balaban J connectivity index is 1.37. The third-order valence-corrected chi connectivity index (χ3v) is 7.98. The number of ether oxygens (including phenoxy) is 1. The highest BCUT2D eigenvalue weighted by Gasteiger charge is 2.51. The lowest BCUT2D eigenvalue weighted by Gasteiger charge is -2.60. The zero-order valence-corrected chi connectivity index (χ0v) is 20.4. The minimum Gasteiger partial charge on any atom is -0.493 e. The summed E-state index contributed by atoms with van der Waals surface area (Å²) in [6.07, 6.45) is 3.49. The average Bonchev–Trinajstić information content (AvgIpc) is 3.46. The largest absolute Gasteiger partial charge is 0.493 e. The number of thiazole rings is 1. The first-order chi connectivity index (χ1) is 15.9. The number of likely N-dealkylation sites (tertiary alicyclic amines) is 1. The van der Waals surface area contributed by atoms with E-state index in [2.05, 4.69) is 52.8 Å². The van der Waals surface area contributed by atoms with Gasteiger partial charge in [0.15, 0.2) is 11.4 Å². The second-order valence-corrected chi connectivity index (χ2v) is 10.8. The Labute approximate surface area is 196 Å². The summed E-state index contributed by atoms with van der Waals surface area (Å²) in [5.74, 6) is 0.938. The summed E-state index contributed by atoms with van der Waals surface area (Å²) in [7, 11) is 3.85. The maximum Gasteiger partial charge on any atom is 0.197 e. The number of aromatic nitrogens is 6. The SMILES string of the molecule is COc1cc(-c2[nH]nc(-c3nc(C)c(N4CC5(CN(C)C5)C4)s3)c2C(C)C)cn2ncnc12. The molecule has 1 spiro atoms. The first-order valence-corrected chi connectivity index (χ1v) is 12.1. The van der Waals surface area contributed by atoms with Gasteiger partial charge in [0.1, 0.15) is 22.0 Å². The number of methoxy groups -OCH3 is 1. The van der Waals surface area contributed by atoms with Gasteiger partial charge in [-0.1, -0.05) is 25.2 Å². The second-order valence-electron chi connectivity index (χ2n) is 9.78. The maximum atomic E-state index is 5.56. The highest BCUT2D eigenvalue weighted by molar-refractivity contribution is 7.19. The van der Waals surface area contributed by atoms with Gasteiger partial charge in [-0.05, 0) is 26.0 Å². The highest BCUT2D eigenvalue weighted by Crippen LogP contribution is 2.46. The third kappa shape index (κ3) is 3.15. The van der Waals surface area contributed by atoms with Crippen molar-refractivity contribution in [2.45, 2.75) is 26.7 Å². The number of hydrogen-bond donors (Lipinski definition) is 1. The van der Waals surface area contributed by atoms with Crippen LogP contribution in [0.25, 0.3) is 27.6 Å². The number of aryl methyl sites for hydroxylation is 1. The zero-order chi connectivity index (χ0) is 22.9. The van der Waals surface area contributed by atoms with E-state index in [-0.39, 0.29) is 5.92 Å². The summed E-state index contributed by atoms with van der Waals surface area (Å²) in [4.78, 5) is 14.1. The lowest BCUT2D eigenvalue weighted by atomic mass is 9.73. The summed E-state index contributed by atoms with van der Waals surface area (Å²) < 4.78 is 7.30. The van der Waals surface area contributed by atoms with Crippen molar-refractivity contribution in [2.24, 2.45) is 5.41 Å². The standard InChI is InChI=1S/C23H28N8OS/c1-13(2)17-18(15-6-16(32-5)20-24-12-25-31(20)7-15)27-28-19(17)21-26-14(3)22(33-21)30-10-23(11-30)8-29(4)9-23/h6-7,12-13H,8-11H2,1-5H3,(H,27,28). The van der Waals surface area contributed by atoms with Crippen LogP contribution in [0, 0.1) is 12.3 Å². The van der Waals surface area contributed by atoms with Gasteiger partial charge >= 0.3 is 0 Å². The lowest BCUT2D eigenvalue weighted by Crippen LogP contribution is -2.71. The Morgan fingerprint density at radius 2 is 2.00 bits per heavy atom. The molecule has 0 aliphatic carbocycles. The Kier molecular flexibility index (Phi) is 4.54. The molecule has 0 radical (unpaired) electrons. The Bertz CT molecular complexity index is 1340. The molecule has 9 nitrogen and oxygen atoms in total. The van der Waals surface area contributed by atoms with E-state index in [1.165, 1.54) is 24.4 Å². The van der Waals surface area contributed by atoms with Crippen molar-refractivity contribution < 1.29 is 4.74 Å². The normalized spacial score (nSPS) is 17.7. The fourth-order valence-corrected chi connectivity index (χ4v) is 6.54. The Morgan fingerprint density at radius 3 is 2.70 bits per heavy atom. The fourth-order valence-electron chi connectivity index (χ4n) is 5.47. The first kappa shape index (κ1) is 20.6. The van der Waals surface area contributed by atoms with Gasteiger partial charge < -0.3 is 14.5 Å². The molecule has 2 aliphatic rings. The lowest BCUT2D eigenvalue weighted by molar-refractivity contribution is -0.00210. The van der Waals surface area contributed by atoms with Crippen molar-refractivity contribution in [1.82, 2.24) is 34.7 Å². The molecule has 2 fully saturated rings. The van der Waals surface area contributed by atoms with Gasteiger partial charge in [-0.25, -0.2) is 14.5 Å². The quantitative estimate of drug-likeness (QED) is 0.484. The van der Waals surface area contributed by atoms with E-state index in [0.717, 1.165) is 46.3 Å². The highest BCUT2D eigenvalue weighted by atomic mass is 32.1. The van der Waals surface area contributed by atoms with Crippen LogP contribution in [0.1, 0.15) is 31.0 Å². The Morgan fingerprint density at radius 1 is 1.21 bits per heavy atom. The zero-order valence-electron chi connectivity index (χ0n) is 19.6. The van der Waals surface area contributed by atoms with E-state index in [0.29, 0.717) is 16.8 Å². The molecule has 2 aliphatic heterocycles. The van der Waals surface area contributed by atoms with Crippen LogP contribution in [-0.2, 0) is 0 Å². The predicted octanol–water partition coefficient (Wildman–Crippen LogP) is 3.44. The van der Waals surface area contributed by atoms with E-state index in [9.17, 15) is 0 Å². The van der Waals surface area contributed by atoms with Crippen molar-refractivity contribution in [3.8, 4) is 27.7 Å². The van der Waals surface area contributed by atoms with Crippen LogP contribution in [0.5, 0.6) is 5.75 Å². The number of fused-ring (bicyclic) bond motifs is 1. The molecule has 2 saturated heterocycles. The number of H-pyrrole nitrogens is 1. The van der Waals surface area contributed by atoms with Crippen molar-refractivity contribution in [3.63, 3.8) is 0 Å². The molecule has 33 heavy (non-hydrogen) atoms. The molecule has 4 aromatic heterocycles. The molecular weight excluding hydrogens is 436 g/mol. The van der Waals surface area contributed by atoms with Gasteiger partial charge in [0.2, 0.25) is 0 Å². The van der Waals surface area contributed by atoms with Crippen LogP contribution in [0.3, 0.4) is 0 Å². The summed E-state index contributed by atoms with van der Waals surface area (Å²) in [6.45, 7) is 11.1. The van der Waals surface area contributed by atoms with Crippen molar-refractivity contribution >= 4 is 22.0 Å². The van der Waals surface area contributed by atoms with Crippen LogP contribution in [0.4, 0.5) is 5.00 Å². The van der Waals surface area contributed by atoms with Crippen LogP contribution >= 0.6 is 11.3 Å². The maximum absolute atomic E-state index is 5.56. The molecule has 6 heterocycles. The molecule has 1 N–H and O–H groups in total. The van der Waals surface area contributed by atoms with Gasteiger partial charge in [0, 0.05) is 48.9 Å². The summed E-state index contributed by atoms with van der Waals surface area (Å²) in [6, 6.07) is 1.99. The monoisotopic (exact) mass is 464 g/mol. The number of pyridine rings is 1. The predicted molar refractivity (Wildman–Crippen MR) is 129 cm³/mol. The average molecular weight is 465 g/mol.